The fraction of sp³-hybridized carbons (Fsp3) is 0.333. The van der Waals surface area contributed by atoms with Crippen molar-refractivity contribution < 1.29 is 43.0 Å². The summed E-state index contributed by atoms with van der Waals surface area (Å²) in [4.78, 5) is -0.370. The molecule has 0 atom stereocenters. The zero-order valence-electron chi connectivity index (χ0n) is 20.4. The van der Waals surface area contributed by atoms with E-state index in [-0.39, 0.29) is 26.9 Å². The topological polar surface area (TPSA) is 114 Å². The maximum Gasteiger partial charge on any atom is 2.00 e. The normalized spacial score (nSPS) is 10.6. The molecule has 0 saturated heterocycles. The van der Waals surface area contributed by atoms with E-state index in [0.29, 0.717) is 0 Å². The van der Waals surface area contributed by atoms with Crippen LogP contribution >= 0.6 is 0 Å². The minimum Gasteiger partial charge on any atom is -0.744 e. The Labute approximate surface area is 227 Å². The first-order chi connectivity index (χ1) is 16.6. The molecule has 0 aliphatic carbocycles. The summed E-state index contributed by atoms with van der Waals surface area (Å²) < 4.78 is 61.7. The molecule has 1 radical (unpaired) electrons. The largest absolute Gasteiger partial charge is 2.00 e. The average molecular weight is 582 g/mol. The standard InChI is InChI=1S/C15H24.2C6H6O3S.Cu/c1-2-3-4-5-6-7-9-12-15-13-10-8-11-14-15;2*7-10(8,9)6-4-2-1-3-5-6;/h8,10-11,13-14H,2-7,9,12H2,1H3;2*1-5H,(H,7,8,9);/q;;;+2/p-2. The summed E-state index contributed by atoms with van der Waals surface area (Å²) in [6, 6.07) is 25.2. The maximum atomic E-state index is 10.3. The van der Waals surface area contributed by atoms with E-state index in [1.54, 1.807) is 12.1 Å². The van der Waals surface area contributed by atoms with Crippen molar-refractivity contribution in [2.45, 2.75) is 68.1 Å². The zero-order chi connectivity index (χ0) is 26.0. The Bertz CT molecular complexity index is 1070. The van der Waals surface area contributed by atoms with Gasteiger partial charge in [-0.25, -0.2) is 16.8 Å². The van der Waals surface area contributed by atoms with Gasteiger partial charge in [-0.2, -0.15) is 0 Å². The van der Waals surface area contributed by atoms with Gasteiger partial charge >= 0.3 is 17.1 Å². The molecule has 0 unspecified atom stereocenters. The van der Waals surface area contributed by atoms with Crippen molar-refractivity contribution in [3.05, 3.63) is 96.6 Å². The van der Waals surface area contributed by atoms with Gasteiger partial charge in [-0.1, -0.05) is 112 Å². The molecule has 0 spiro atoms. The van der Waals surface area contributed by atoms with E-state index in [9.17, 15) is 25.9 Å². The number of rotatable bonds is 10. The summed E-state index contributed by atoms with van der Waals surface area (Å²) in [5, 5.41) is 0. The average Bonchev–Trinajstić information content (AvgIpc) is 2.85. The molecule has 0 amide bonds. The molecule has 0 aromatic heterocycles. The first-order valence-electron chi connectivity index (χ1n) is 11.7. The third kappa shape index (κ3) is 16.6. The maximum absolute atomic E-state index is 10.3. The van der Waals surface area contributed by atoms with Gasteiger partial charge in [0.1, 0.15) is 20.2 Å². The van der Waals surface area contributed by atoms with Crippen molar-refractivity contribution in [2.24, 2.45) is 0 Å². The summed E-state index contributed by atoms with van der Waals surface area (Å²) in [5.41, 5.74) is 1.49. The first kappa shape index (κ1) is 34.0. The van der Waals surface area contributed by atoms with E-state index in [1.165, 1.54) is 105 Å². The van der Waals surface area contributed by atoms with E-state index in [1.807, 2.05) is 0 Å². The summed E-state index contributed by atoms with van der Waals surface area (Å²) in [6.45, 7) is 2.27. The van der Waals surface area contributed by atoms with Crippen molar-refractivity contribution in [1.29, 1.82) is 0 Å². The van der Waals surface area contributed by atoms with Crippen LogP contribution in [0.1, 0.15) is 57.4 Å². The van der Waals surface area contributed by atoms with Gasteiger partial charge in [0.25, 0.3) is 0 Å². The first-order valence-corrected chi connectivity index (χ1v) is 14.5. The minimum absolute atomic E-state index is 0. The van der Waals surface area contributed by atoms with Crippen LogP contribution in [0.25, 0.3) is 0 Å². The van der Waals surface area contributed by atoms with Crippen LogP contribution < -0.4 is 0 Å². The summed E-state index contributed by atoms with van der Waals surface area (Å²) in [6.07, 6.45) is 11.1. The molecule has 6 nitrogen and oxygen atoms in total. The number of hydrogen-bond donors (Lipinski definition) is 0. The molecule has 3 aromatic rings. The van der Waals surface area contributed by atoms with E-state index >= 15 is 0 Å². The Kier molecular flexibility index (Phi) is 18.1. The smallest absolute Gasteiger partial charge is 0.744 e. The van der Waals surface area contributed by atoms with Crippen LogP contribution in [0.5, 0.6) is 0 Å². The molecule has 36 heavy (non-hydrogen) atoms. The van der Waals surface area contributed by atoms with Crippen molar-refractivity contribution in [3.63, 3.8) is 0 Å². The number of benzene rings is 3. The Balaban J connectivity index is 0.000000519. The number of unbranched alkanes of at least 4 members (excludes halogenated alkanes) is 6. The molecule has 201 valence electrons. The molecule has 0 aliphatic rings. The predicted octanol–water partition coefficient (Wildman–Crippen LogP) is 6.16. The van der Waals surface area contributed by atoms with Crippen molar-refractivity contribution >= 4 is 20.2 Å². The van der Waals surface area contributed by atoms with Gasteiger partial charge in [0.05, 0.1) is 9.79 Å². The van der Waals surface area contributed by atoms with Gasteiger partial charge in [-0.3, -0.25) is 0 Å². The number of aryl methyl sites for hydroxylation is 1. The molecular weight excluding hydrogens is 548 g/mol. The van der Waals surface area contributed by atoms with Crippen LogP contribution in [0, 0.1) is 0 Å². The van der Waals surface area contributed by atoms with Crippen molar-refractivity contribution in [3.8, 4) is 0 Å². The van der Waals surface area contributed by atoms with Crippen LogP contribution in [0.4, 0.5) is 0 Å². The summed E-state index contributed by atoms with van der Waals surface area (Å²) in [7, 11) is -8.51. The second-order valence-electron chi connectivity index (χ2n) is 7.89. The van der Waals surface area contributed by atoms with E-state index in [2.05, 4.69) is 37.3 Å². The molecule has 0 heterocycles. The van der Waals surface area contributed by atoms with Crippen LogP contribution in [-0.2, 0) is 43.7 Å². The molecule has 0 saturated carbocycles. The molecule has 3 aromatic carbocycles. The van der Waals surface area contributed by atoms with Crippen LogP contribution in [0.3, 0.4) is 0 Å². The van der Waals surface area contributed by atoms with Crippen LogP contribution in [0.15, 0.2) is 101 Å². The van der Waals surface area contributed by atoms with E-state index in [4.69, 9.17) is 0 Å². The van der Waals surface area contributed by atoms with E-state index in [0.717, 1.165) is 0 Å². The third-order valence-electron chi connectivity index (χ3n) is 4.98. The third-order valence-corrected chi connectivity index (χ3v) is 6.67. The van der Waals surface area contributed by atoms with Crippen LogP contribution in [0.2, 0.25) is 0 Å². The second-order valence-corrected chi connectivity index (χ2v) is 10.7. The molecular formula is C27H34CuO6S2. The van der Waals surface area contributed by atoms with Gasteiger partial charge in [0, 0.05) is 0 Å². The molecule has 9 heteroatoms. The summed E-state index contributed by atoms with van der Waals surface area (Å²) in [5.74, 6) is 0. The Morgan fingerprint density at radius 2 is 0.861 bits per heavy atom. The van der Waals surface area contributed by atoms with Crippen molar-refractivity contribution in [2.75, 3.05) is 0 Å². The summed E-state index contributed by atoms with van der Waals surface area (Å²) >= 11 is 0. The van der Waals surface area contributed by atoms with Gasteiger partial charge in [-0.05, 0) is 42.7 Å². The van der Waals surface area contributed by atoms with Crippen LogP contribution in [-0.4, -0.2) is 25.9 Å². The zero-order valence-corrected chi connectivity index (χ0v) is 23.0. The van der Waals surface area contributed by atoms with Gasteiger partial charge in [0.15, 0.2) is 0 Å². The number of hydrogen-bond acceptors (Lipinski definition) is 6. The predicted molar refractivity (Wildman–Crippen MR) is 137 cm³/mol. The quantitative estimate of drug-likeness (QED) is 0.161. The SMILES string of the molecule is CCCCCCCCCc1ccccc1.O=S(=O)([O-])c1ccccc1.O=S(=O)([O-])c1ccccc1.[Cu+2]. The fourth-order valence-corrected chi connectivity index (χ4v) is 4.09. The van der Waals surface area contributed by atoms with Gasteiger partial charge in [-0.15, -0.1) is 0 Å². The minimum atomic E-state index is -4.25. The molecule has 0 bridgehead atoms. The van der Waals surface area contributed by atoms with Gasteiger partial charge < -0.3 is 9.11 Å². The fourth-order valence-electron chi connectivity index (χ4n) is 3.11. The van der Waals surface area contributed by atoms with E-state index < -0.39 is 20.2 Å². The second kappa shape index (κ2) is 19.2. The van der Waals surface area contributed by atoms with Gasteiger partial charge in [0.2, 0.25) is 0 Å². The monoisotopic (exact) mass is 581 g/mol. The molecule has 0 aliphatic heterocycles. The molecule has 0 N–H and O–H groups in total. The molecule has 3 rings (SSSR count). The Hall–Kier alpha value is -2.00. The molecule has 0 fully saturated rings. The Morgan fingerprint density at radius 1 is 0.528 bits per heavy atom. The Morgan fingerprint density at radius 3 is 1.19 bits per heavy atom. The van der Waals surface area contributed by atoms with Crippen molar-refractivity contribution in [1.82, 2.24) is 0 Å².